The minimum Gasteiger partial charge on any atom is -0.493 e. The molecule has 0 saturated carbocycles. The van der Waals surface area contributed by atoms with Gasteiger partial charge in [-0.3, -0.25) is 0 Å². The molecule has 26 heavy (non-hydrogen) atoms. The van der Waals surface area contributed by atoms with Crippen LogP contribution in [0.25, 0.3) is 6.08 Å². The lowest BCUT2D eigenvalue weighted by Gasteiger charge is -2.08. The molecule has 2 aromatic carbocycles. The largest absolute Gasteiger partial charge is 0.493 e. The SMILES string of the molecule is CCCCCOc1ccccc1/C=C1\N=C(c2ccc(Cl)cc2)OC1=O. The quantitative estimate of drug-likeness (QED) is 0.380. The minimum atomic E-state index is -0.476. The summed E-state index contributed by atoms with van der Waals surface area (Å²) in [5.41, 5.74) is 1.76. The van der Waals surface area contributed by atoms with E-state index in [-0.39, 0.29) is 11.6 Å². The molecule has 0 radical (unpaired) electrons. The number of benzene rings is 2. The number of nitrogens with zero attached hydrogens (tertiary/aromatic N) is 1. The van der Waals surface area contributed by atoms with Crippen molar-refractivity contribution in [2.45, 2.75) is 26.2 Å². The summed E-state index contributed by atoms with van der Waals surface area (Å²) >= 11 is 5.89. The maximum Gasteiger partial charge on any atom is 0.363 e. The molecule has 1 aliphatic rings. The molecule has 0 atom stereocenters. The molecule has 0 spiro atoms. The maximum atomic E-state index is 12.2. The van der Waals surface area contributed by atoms with Crippen molar-refractivity contribution in [2.75, 3.05) is 6.61 Å². The number of halogens is 1. The van der Waals surface area contributed by atoms with Crippen LogP contribution in [0.3, 0.4) is 0 Å². The summed E-state index contributed by atoms with van der Waals surface area (Å²) in [5, 5.41) is 0.614. The van der Waals surface area contributed by atoms with E-state index in [1.807, 2.05) is 24.3 Å². The zero-order chi connectivity index (χ0) is 18.4. The van der Waals surface area contributed by atoms with Crippen molar-refractivity contribution in [3.8, 4) is 5.75 Å². The zero-order valence-electron chi connectivity index (χ0n) is 14.6. The molecule has 0 bridgehead atoms. The predicted octanol–water partition coefficient (Wildman–Crippen LogP) is 5.25. The average Bonchev–Trinajstić information content (AvgIpc) is 3.01. The van der Waals surface area contributed by atoms with Gasteiger partial charge in [-0.1, -0.05) is 49.6 Å². The van der Waals surface area contributed by atoms with E-state index in [0.717, 1.165) is 30.6 Å². The van der Waals surface area contributed by atoms with E-state index in [1.54, 1.807) is 30.3 Å². The van der Waals surface area contributed by atoms with Gasteiger partial charge in [-0.05, 0) is 42.8 Å². The van der Waals surface area contributed by atoms with Gasteiger partial charge < -0.3 is 9.47 Å². The van der Waals surface area contributed by atoms with E-state index in [2.05, 4.69) is 11.9 Å². The Morgan fingerprint density at radius 3 is 2.65 bits per heavy atom. The number of carbonyl (C=O) groups is 1. The van der Waals surface area contributed by atoms with Crippen molar-refractivity contribution in [3.05, 3.63) is 70.4 Å². The van der Waals surface area contributed by atoms with E-state index in [4.69, 9.17) is 21.1 Å². The van der Waals surface area contributed by atoms with Crippen LogP contribution in [0.1, 0.15) is 37.3 Å². The molecule has 0 unspecified atom stereocenters. The Balaban J connectivity index is 1.81. The number of carbonyl (C=O) groups excluding carboxylic acids is 1. The van der Waals surface area contributed by atoms with Gasteiger partial charge in [-0.25, -0.2) is 9.79 Å². The fourth-order valence-corrected chi connectivity index (χ4v) is 2.66. The van der Waals surface area contributed by atoms with E-state index < -0.39 is 5.97 Å². The van der Waals surface area contributed by atoms with Crippen LogP contribution in [0.15, 0.2) is 59.2 Å². The summed E-state index contributed by atoms with van der Waals surface area (Å²) in [6.07, 6.45) is 4.97. The number of cyclic esters (lactones) is 1. The molecular formula is C21H20ClNO3. The Hall–Kier alpha value is -2.59. The molecule has 0 aliphatic carbocycles. The summed E-state index contributed by atoms with van der Waals surface area (Å²) in [6.45, 7) is 2.80. The Morgan fingerprint density at radius 2 is 1.88 bits per heavy atom. The van der Waals surface area contributed by atoms with Gasteiger partial charge in [0, 0.05) is 16.1 Å². The van der Waals surface area contributed by atoms with Gasteiger partial charge in [0.05, 0.1) is 6.61 Å². The first kappa shape index (κ1) is 18.2. The Morgan fingerprint density at radius 1 is 1.12 bits per heavy atom. The van der Waals surface area contributed by atoms with Crippen LogP contribution >= 0.6 is 11.6 Å². The van der Waals surface area contributed by atoms with Crippen molar-refractivity contribution >= 4 is 29.5 Å². The van der Waals surface area contributed by atoms with Gasteiger partial charge in [-0.2, -0.15) is 0 Å². The van der Waals surface area contributed by atoms with E-state index >= 15 is 0 Å². The molecule has 5 heteroatoms. The summed E-state index contributed by atoms with van der Waals surface area (Å²) < 4.78 is 11.1. The second kappa shape index (κ2) is 8.68. The lowest BCUT2D eigenvalue weighted by Crippen LogP contribution is -2.05. The number of aliphatic imine (C=N–C) groups is 1. The summed E-state index contributed by atoms with van der Waals surface area (Å²) in [6, 6.07) is 14.6. The molecule has 0 fully saturated rings. The number of hydrogen-bond donors (Lipinski definition) is 0. The minimum absolute atomic E-state index is 0.250. The van der Waals surface area contributed by atoms with Crippen molar-refractivity contribution in [3.63, 3.8) is 0 Å². The normalized spacial score (nSPS) is 15.1. The van der Waals surface area contributed by atoms with Crippen LogP contribution in [-0.2, 0) is 9.53 Å². The van der Waals surface area contributed by atoms with Gasteiger partial charge >= 0.3 is 5.97 Å². The second-order valence-corrected chi connectivity index (χ2v) is 6.37. The smallest absolute Gasteiger partial charge is 0.363 e. The average molecular weight is 370 g/mol. The highest BCUT2D eigenvalue weighted by Gasteiger charge is 2.24. The Kier molecular flexibility index (Phi) is 6.08. The monoisotopic (exact) mass is 369 g/mol. The summed E-state index contributed by atoms with van der Waals surface area (Å²) in [5.74, 6) is 0.536. The molecule has 0 aromatic heterocycles. The molecule has 4 nitrogen and oxygen atoms in total. The summed E-state index contributed by atoms with van der Waals surface area (Å²) in [7, 11) is 0. The first-order valence-corrected chi connectivity index (χ1v) is 9.05. The first-order chi connectivity index (χ1) is 12.7. The van der Waals surface area contributed by atoms with Gasteiger partial charge in [0.15, 0.2) is 5.70 Å². The van der Waals surface area contributed by atoms with Gasteiger partial charge in [0.1, 0.15) is 5.75 Å². The molecular weight excluding hydrogens is 350 g/mol. The standard InChI is InChI=1S/C21H20ClNO3/c1-2-3-6-13-25-19-8-5-4-7-16(19)14-18-21(24)26-20(23-18)15-9-11-17(22)12-10-15/h4-5,7-12,14H,2-3,6,13H2,1H3/b18-14-. The topological polar surface area (TPSA) is 47.9 Å². The molecule has 2 aromatic rings. The maximum absolute atomic E-state index is 12.2. The molecule has 0 amide bonds. The third-order valence-electron chi connectivity index (χ3n) is 3.93. The number of esters is 1. The highest BCUT2D eigenvalue weighted by molar-refractivity contribution is 6.30. The third-order valence-corrected chi connectivity index (χ3v) is 4.18. The summed E-state index contributed by atoms with van der Waals surface area (Å²) in [4.78, 5) is 16.5. The van der Waals surface area contributed by atoms with Crippen LogP contribution in [0, 0.1) is 0 Å². The van der Waals surface area contributed by atoms with Crippen molar-refractivity contribution in [1.82, 2.24) is 0 Å². The molecule has 1 aliphatic heterocycles. The zero-order valence-corrected chi connectivity index (χ0v) is 15.3. The van der Waals surface area contributed by atoms with E-state index in [0.29, 0.717) is 17.2 Å². The predicted molar refractivity (Wildman–Crippen MR) is 104 cm³/mol. The molecule has 3 rings (SSSR count). The van der Waals surface area contributed by atoms with Crippen molar-refractivity contribution < 1.29 is 14.3 Å². The fraction of sp³-hybridized carbons (Fsp3) is 0.238. The van der Waals surface area contributed by atoms with Crippen LogP contribution in [0.5, 0.6) is 5.75 Å². The molecule has 1 heterocycles. The molecule has 0 N–H and O–H groups in total. The number of unbranched alkanes of at least 4 members (excludes halogenated alkanes) is 2. The van der Waals surface area contributed by atoms with Crippen molar-refractivity contribution in [2.24, 2.45) is 4.99 Å². The number of hydrogen-bond acceptors (Lipinski definition) is 4. The van der Waals surface area contributed by atoms with Crippen LogP contribution in [-0.4, -0.2) is 18.5 Å². The molecule has 134 valence electrons. The van der Waals surface area contributed by atoms with E-state index in [1.165, 1.54) is 0 Å². The van der Waals surface area contributed by atoms with E-state index in [9.17, 15) is 4.79 Å². The Bertz CT molecular complexity index is 841. The second-order valence-electron chi connectivity index (χ2n) is 5.94. The fourth-order valence-electron chi connectivity index (χ4n) is 2.54. The number of rotatable bonds is 7. The van der Waals surface area contributed by atoms with Crippen molar-refractivity contribution in [1.29, 1.82) is 0 Å². The third kappa shape index (κ3) is 4.52. The highest BCUT2D eigenvalue weighted by atomic mass is 35.5. The van der Waals surface area contributed by atoms with Crippen LogP contribution in [0.4, 0.5) is 0 Å². The van der Waals surface area contributed by atoms with Crippen LogP contribution < -0.4 is 4.74 Å². The van der Waals surface area contributed by atoms with Crippen LogP contribution in [0.2, 0.25) is 5.02 Å². The number of ether oxygens (including phenoxy) is 2. The lowest BCUT2D eigenvalue weighted by atomic mass is 10.1. The Labute approximate surface area is 158 Å². The number of para-hydroxylation sites is 1. The molecule has 0 saturated heterocycles. The lowest BCUT2D eigenvalue weighted by molar-refractivity contribution is -0.129. The van der Waals surface area contributed by atoms with Gasteiger partial charge in [0.2, 0.25) is 5.90 Å². The van der Waals surface area contributed by atoms with Gasteiger partial charge in [-0.15, -0.1) is 0 Å². The first-order valence-electron chi connectivity index (χ1n) is 8.67. The highest BCUT2D eigenvalue weighted by Crippen LogP contribution is 2.25. The van der Waals surface area contributed by atoms with Gasteiger partial charge in [0.25, 0.3) is 0 Å².